The van der Waals surface area contributed by atoms with E-state index in [9.17, 15) is 0 Å². The second-order valence-electron chi connectivity index (χ2n) is 7.82. The number of aromatic nitrogens is 2. The third kappa shape index (κ3) is 3.60. The monoisotopic (exact) mass is 396 g/mol. The van der Waals surface area contributed by atoms with Gasteiger partial charge in [-0.25, -0.2) is 0 Å². The first-order valence-electron chi connectivity index (χ1n) is 10.2. The van der Waals surface area contributed by atoms with Gasteiger partial charge in [-0.05, 0) is 48.2 Å². The van der Waals surface area contributed by atoms with Crippen LogP contribution < -0.4 is 10.5 Å². The minimum Gasteiger partial charge on any atom is -0.490 e. The second kappa shape index (κ2) is 7.76. The highest BCUT2D eigenvalue weighted by atomic mass is 16.5. The Morgan fingerprint density at radius 2 is 2.00 bits per heavy atom. The molecule has 0 saturated heterocycles. The number of fused-ring (bicyclic) bond motifs is 2. The molecule has 2 aromatic carbocycles. The molecule has 0 unspecified atom stereocenters. The normalized spacial score (nSPS) is 13.9. The summed E-state index contributed by atoms with van der Waals surface area (Å²) in [4.78, 5) is 12.2. The van der Waals surface area contributed by atoms with Crippen LogP contribution in [-0.4, -0.2) is 28.3 Å². The molecule has 30 heavy (non-hydrogen) atoms. The topological polar surface area (TPSA) is 76.3 Å². The summed E-state index contributed by atoms with van der Waals surface area (Å²) in [6.45, 7) is 3.26. The molecule has 0 aliphatic carbocycles. The average molecular weight is 396 g/mol. The molecule has 1 aliphatic rings. The van der Waals surface area contributed by atoms with Gasteiger partial charge in [0.05, 0.1) is 12.7 Å². The van der Waals surface area contributed by atoms with E-state index in [1.54, 1.807) is 6.20 Å². The fraction of sp³-hybridized carbons (Fsp3) is 0.200. The molecular formula is C25H24N4O. The summed E-state index contributed by atoms with van der Waals surface area (Å²) in [5.74, 6) is 0.729. The first-order valence-corrected chi connectivity index (χ1v) is 10.2. The lowest BCUT2D eigenvalue weighted by molar-refractivity contribution is 0.287. The zero-order valence-corrected chi connectivity index (χ0v) is 16.9. The Morgan fingerprint density at radius 3 is 2.93 bits per heavy atom. The Bertz CT molecular complexity index is 1240. The summed E-state index contributed by atoms with van der Waals surface area (Å²) < 4.78 is 5.98. The van der Waals surface area contributed by atoms with E-state index >= 15 is 0 Å². The van der Waals surface area contributed by atoms with Gasteiger partial charge < -0.3 is 15.5 Å². The van der Waals surface area contributed by atoms with Crippen LogP contribution >= 0.6 is 0 Å². The van der Waals surface area contributed by atoms with Gasteiger partial charge in [-0.15, -0.1) is 0 Å². The number of nitrogens with two attached hydrogens (primary N) is 1. The van der Waals surface area contributed by atoms with E-state index in [0.29, 0.717) is 6.61 Å². The third-order valence-electron chi connectivity index (χ3n) is 5.65. The Hall–Kier alpha value is -3.44. The van der Waals surface area contributed by atoms with Gasteiger partial charge in [0.1, 0.15) is 12.4 Å². The maximum absolute atomic E-state index is 6.36. The number of aromatic amines is 1. The van der Waals surface area contributed by atoms with Crippen molar-refractivity contribution in [2.24, 2.45) is 10.7 Å². The molecule has 150 valence electrons. The van der Waals surface area contributed by atoms with Crippen molar-refractivity contribution in [1.82, 2.24) is 9.97 Å². The second-order valence-corrected chi connectivity index (χ2v) is 7.82. The molecule has 3 heterocycles. The van der Waals surface area contributed by atoms with Crippen LogP contribution in [0.25, 0.3) is 22.0 Å². The minimum atomic E-state index is -0.105. The van der Waals surface area contributed by atoms with Gasteiger partial charge in [0.2, 0.25) is 0 Å². The number of nitrogens with zero attached hydrogens (tertiary/aromatic N) is 2. The highest BCUT2D eigenvalue weighted by molar-refractivity contribution is 6.02. The Morgan fingerprint density at radius 1 is 1.10 bits per heavy atom. The van der Waals surface area contributed by atoms with Gasteiger partial charge in [-0.1, -0.05) is 30.3 Å². The molecule has 1 atom stereocenters. The quantitative estimate of drug-likeness (QED) is 0.504. The van der Waals surface area contributed by atoms with Crippen molar-refractivity contribution in [3.63, 3.8) is 0 Å². The highest BCUT2D eigenvalue weighted by Crippen LogP contribution is 2.28. The Kier molecular flexibility index (Phi) is 4.81. The molecule has 5 nitrogen and oxygen atoms in total. The lowest BCUT2D eigenvalue weighted by Crippen LogP contribution is -2.30. The third-order valence-corrected chi connectivity index (χ3v) is 5.65. The maximum atomic E-state index is 6.36. The number of hydrogen-bond acceptors (Lipinski definition) is 4. The van der Waals surface area contributed by atoms with Gasteiger partial charge in [-0.3, -0.25) is 9.98 Å². The van der Waals surface area contributed by atoms with Crippen LogP contribution in [0.1, 0.15) is 23.6 Å². The van der Waals surface area contributed by atoms with Crippen molar-refractivity contribution >= 4 is 16.6 Å². The van der Waals surface area contributed by atoms with Crippen LogP contribution in [0.5, 0.6) is 5.75 Å². The number of nitrogens with one attached hydrogen (secondary N) is 1. The highest BCUT2D eigenvalue weighted by Gasteiger charge is 2.14. The van der Waals surface area contributed by atoms with Crippen molar-refractivity contribution in [2.75, 3.05) is 6.61 Å². The summed E-state index contributed by atoms with van der Waals surface area (Å²) in [5.41, 5.74) is 14.4. The van der Waals surface area contributed by atoms with E-state index in [4.69, 9.17) is 10.5 Å². The Balaban J connectivity index is 1.27. The van der Waals surface area contributed by atoms with E-state index in [1.165, 1.54) is 22.1 Å². The number of para-hydroxylation sites is 1. The van der Waals surface area contributed by atoms with Crippen molar-refractivity contribution < 1.29 is 4.74 Å². The number of rotatable bonds is 6. The smallest absolute Gasteiger partial charge is 0.138 e. The van der Waals surface area contributed by atoms with E-state index in [1.807, 2.05) is 30.6 Å². The first-order chi connectivity index (χ1) is 14.7. The van der Waals surface area contributed by atoms with E-state index in [2.05, 4.69) is 52.2 Å². The number of ether oxygens (including phenoxy) is 1. The molecule has 0 saturated carbocycles. The van der Waals surface area contributed by atoms with Crippen molar-refractivity contribution in [3.05, 3.63) is 83.8 Å². The molecule has 0 bridgehead atoms. The van der Waals surface area contributed by atoms with Crippen LogP contribution in [0.4, 0.5) is 0 Å². The number of H-pyrrole nitrogens is 1. The lowest BCUT2D eigenvalue weighted by Gasteiger charge is -2.13. The summed E-state index contributed by atoms with van der Waals surface area (Å²) >= 11 is 0. The zero-order valence-electron chi connectivity index (χ0n) is 16.9. The molecule has 4 aromatic rings. The van der Waals surface area contributed by atoms with Gasteiger partial charge in [0.15, 0.2) is 0 Å². The van der Waals surface area contributed by atoms with Crippen LogP contribution in [0, 0.1) is 0 Å². The molecule has 2 aromatic heterocycles. The largest absolute Gasteiger partial charge is 0.490 e. The van der Waals surface area contributed by atoms with Gasteiger partial charge >= 0.3 is 0 Å². The maximum Gasteiger partial charge on any atom is 0.138 e. The molecule has 3 N–H and O–H groups in total. The molecular weight excluding hydrogens is 372 g/mol. The van der Waals surface area contributed by atoms with E-state index in [0.717, 1.165) is 41.1 Å². The number of pyridine rings is 1. The predicted molar refractivity (Wildman–Crippen MR) is 121 cm³/mol. The molecule has 5 rings (SSSR count). The van der Waals surface area contributed by atoms with E-state index in [-0.39, 0.29) is 6.04 Å². The summed E-state index contributed by atoms with van der Waals surface area (Å²) in [6, 6.07) is 16.6. The Labute approximate surface area is 175 Å². The fourth-order valence-electron chi connectivity index (χ4n) is 4.02. The fourth-order valence-corrected chi connectivity index (χ4v) is 4.02. The van der Waals surface area contributed by atoms with Gasteiger partial charge in [-0.2, -0.15) is 0 Å². The van der Waals surface area contributed by atoms with Crippen LogP contribution in [0.15, 0.2) is 72.1 Å². The zero-order chi connectivity index (χ0) is 20.5. The summed E-state index contributed by atoms with van der Waals surface area (Å²) in [5, 5.41) is 1.21. The lowest BCUT2D eigenvalue weighted by atomic mass is 9.99. The number of benzene rings is 2. The predicted octanol–water partition coefficient (Wildman–Crippen LogP) is 4.50. The summed E-state index contributed by atoms with van der Waals surface area (Å²) in [7, 11) is 0. The van der Waals surface area contributed by atoms with Crippen LogP contribution in [-0.2, 0) is 13.0 Å². The summed E-state index contributed by atoms with van der Waals surface area (Å²) in [6.07, 6.45) is 6.39. The molecule has 1 aliphatic heterocycles. The van der Waals surface area contributed by atoms with E-state index < -0.39 is 0 Å². The van der Waals surface area contributed by atoms with Crippen LogP contribution in [0.2, 0.25) is 0 Å². The molecule has 5 heteroatoms. The average Bonchev–Trinajstić information content (AvgIpc) is 3.36. The SMILES string of the molecule is CC1=NCc2ccc(-c3cncc(OC[C@@H](N)Cc4c[nH]c5ccccc45)c3)cc21. The molecule has 0 fully saturated rings. The number of hydrogen-bond donors (Lipinski definition) is 2. The van der Waals surface area contributed by atoms with Crippen LogP contribution in [0.3, 0.4) is 0 Å². The van der Waals surface area contributed by atoms with Crippen molar-refractivity contribution in [1.29, 1.82) is 0 Å². The minimum absolute atomic E-state index is 0.105. The van der Waals surface area contributed by atoms with Gasteiger partial charge in [0, 0.05) is 46.2 Å². The molecule has 0 amide bonds. The van der Waals surface area contributed by atoms with Crippen molar-refractivity contribution in [3.8, 4) is 16.9 Å². The molecule has 0 radical (unpaired) electrons. The van der Waals surface area contributed by atoms with Gasteiger partial charge in [0.25, 0.3) is 0 Å². The standard InChI is InChI=1S/C25H24N4O/c1-16-24-10-17(6-7-18(24)12-28-16)19-9-22(14-27-11-19)30-15-21(26)8-20-13-29-25-5-3-2-4-23(20)25/h2-7,9-11,13-14,21,29H,8,12,15,26H2,1H3/t21-/m0/s1. The first kappa shape index (κ1) is 18.6. The van der Waals surface area contributed by atoms with Crippen molar-refractivity contribution in [2.45, 2.75) is 25.9 Å². The molecule has 0 spiro atoms. The number of aliphatic imine (C=N–C) groups is 1.